The Morgan fingerprint density at radius 1 is 0.400 bits per heavy atom. The van der Waals surface area contributed by atoms with E-state index in [4.69, 9.17) is 0 Å². The number of halogens is 3. The van der Waals surface area contributed by atoms with Crippen molar-refractivity contribution in [3.63, 3.8) is 0 Å². The molecule has 10 aromatic carbocycles. The van der Waals surface area contributed by atoms with Crippen molar-refractivity contribution in [2.45, 2.75) is 27.7 Å². The van der Waals surface area contributed by atoms with Gasteiger partial charge in [-0.1, -0.05) is 131 Å². The zero-order chi connectivity index (χ0) is 50.8. The molecule has 0 amide bonds. The molecule has 2 N–H and O–H groups in total. The third-order valence-electron chi connectivity index (χ3n) is 15.7. The summed E-state index contributed by atoms with van der Waals surface area (Å²) in [6.07, 6.45) is 0. The summed E-state index contributed by atoms with van der Waals surface area (Å²) in [4.78, 5) is 6.21. The molecule has 0 aliphatic carbocycles. The van der Waals surface area contributed by atoms with Crippen molar-refractivity contribution in [3.8, 4) is 0 Å². The lowest BCUT2D eigenvalue weighted by atomic mass is 9.30. The van der Waals surface area contributed by atoms with Crippen LogP contribution < -0.4 is 69.0 Å². The molecule has 0 saturated carbocycles. The highest BCUT2D eigenvalue weighted by Crippen LogP contribution is 2.48. The van der Waals surface area contributed by atoms with E-state index in [1.807, 2.05) is 73.3 Å². The van der Waals surface area contributed by atoms with Gasteiger partial charge in [0, 0.05) is 62.6 Å². The van der Waals surface area contributed by atoms with E-state index in [9.17, 15) is 0 Å². The summed E-state index contributed by atoms with van der Waals surface area (Å²) < 4.78 is 50.6. The number of nitrogens with one attached hydrogen (secondary N) is 2. The van der Waals surface area contributed by atoms with E-state index in [0.717, 1.165) is 117 Å². The van der Waals surface area contributed by atoms with Gasteiger partial charge in [-0.2, -0.15) is 0 Å². The quantitative estimate of drug-likeness (QED) is 0.156. The zero-order valence-electron chi connectivity index (χ0n) is 41.7. The number of rotatable bonds is 7. The highest BCUT2D eigenvalue weighted by Gasteiger charge is 2.48. The van der Waals surface area contributed by atoms with E-state index >= 15 is 13.2 Å². The number of benzene rings is 10. The smallest absolute Gasteiger partial charge is 0.252 e. The topological polar surface area (TPSA) is 33.8 Å². The molecule has 4 aliphatic rings. The van der Waals surface area contributed by atoms with Crippen LogP contribution in [0.5, 0.6) is 0 Å². The Morgan fingerprint density at radius 3 is 1.76 bits per heavy atom. The lowest BCUT2D eigenvalue weighted by Gasteiger charge is -2.46. The maximum Gasteiger partial charge on any atom is 0.252 e. The minimum Gasteiger partial charge on any atom is -0.356 e. The van der Waals surface area contributed by atoms with Crippen LogP contribution in [0.1, 0.15) is 22.3 Å². The van der Waals surface area contributed by atoms with Gasteiger partial charge < -0.3 is 25.3 Å². The number of para-hydroxylation sites is 5. The fourth-order valence-corrected chi connectivity index (χ4v) is 12.4. The van der Waals surface area contributed by atoms with Gasteiger partial charge in [-0.05, 0) is 157 Å². The van der Waals surface area contributed by atoms with E-state index in [1.165, 1.54) is 24.3 Å². The maximum atomic E-state index is 16.9. The summed E-state index contributed by atoms with van der Waals surface area (Å²) >= 11 is 0. The van der Waals surface area contributed by atoms with Gasteiger partial charge in [0.25, 0.3) is 13.4 Å². The van der Waals surface area contributed by atoms with Crippen molar-refractivity contribution >= 4 is 138 Å². The molecule has 4 heterocycles. The van der Waals surface area contributed by atoms with Crippen LogP contribution in [-0.2, 0) is 0 Å². The second-order valence-corrected chi connectivity index (χ2v) is 20.3. The van der Waals surface area contributed by atoms with Crippen molar-refractivity contribution < 1.29 is 13.2 Å². The standard InChI is InChI=1S/C64H46B3F3N5/c1-37-29-58-62-59(30-37)75(64-51(69)26-16-27-52(64)70)57-36-53-47(35-49(57)66(62)46-24-13-14-28-55(46)73(58)43-21-9-6-10-22-43)67-48-34-45(65-44-23-12-11-17-38(44)2)40(4)31-56(48)74(63-39(3)18-15-25-50(63)68)60-33-42(32-54(72-53)61(60)67)71-41-19-7-5-8-20-41/h5-36,71-72H,1-4H3. The van der Waals surface area contributed by atoms with E-state index in [1.54, 1.807) is 6.07 Å². The summed E-state index contributed by atoms with van der Waals surface area (Å²) in [5, 5.41) is 7.58. The van der Waals surface area contributed by atoms with Crippen LogP contribution in [0.3, 0.4) is 0 Å². The molecule has 0 atom stereocenters. The largest absolute Gasteiger partial charge is 0.356 e. The van der Waals surface area contributed by atoms with Crippen LogP contribution in [0, 0.1) is 45.1 Å². The Kier molecular flexibility index (Phi) is 10.2. The molecule has 0 fully saturated rings. The SMILES string of the molecule is Cc1cc2c3c(c1)N(c1c(F)cccc1F)c1cc4c(cc1B3c1ccccc1N2c1ccccc1)B1c2cc([B]c3ccccc3C)c(C)cc2N(c2c(C)cccc2F)c2cc(Nc3ccccc3)cc(c21)N4. The van der Waals surface area contributed by atoms with Crippen molar-refractivity contribution in [2.24, 2.45) is 0 Å². The summed E-state index contributed by atoms with van der Waals surface area (Å²) in [6, 6.07) is 64.1. The zero-order valence-corrected chi connectivity index (χ0v) is 41.7. The number of hydrogen-bond donors (Lipinski definition) is 2. The predicted octanol–water partition coefficient (Wildman–Crippen LogP) is 11.2. The van der Waals surface area contributed by atoms with Gasteiger partial charge >= 0.3 is 0 Å². The third-order valence-corrected chi connectivity index (χ3v) is 15.7. The molecule has 0 saturated heterocycles. The number of hydrogen-bond acceptors (Lipinski definition) is 5. The molecule has 5 nitrogen and oxygen atoms in total. The molecule has 11 heteroatoms. The lowest BCUT2D eigenvalue weighted by Crippen LogP contribution is -2.65. The minimum absolute atomic E-state index is 0.145. The van der Waals surface area contributed by atoms with Crippen LogP contribution in [0.4, 0.5) is 87.1 Å². The first-order valence-corrected chi connectivity index (χ1v) is 25.5. The molecular weight excluding hydrogens is 928 g/mol. The van der Waals surface area contributed by atoms with Gasteiger partial charge in [0.2, 0.25) is 0 Å². The van der Waals surface area contributed by atoms with E-state index in [2.05, 4.69) is 151 Å². The van der Waals surface area contributed by atoms with E-state index < -0.39 is 11.6 Å². The number of anilines is 13. The molecule has 4 aliphatic heterocycles. The van der Waals surface area contributed by atoms with Crippen LogP contribution in [0.15, 0.2) is 194 Å². The lowest BCUT2D eigenvalue weighted by molar-refractivity contribution is 0.586. The Labute approximate surface area is 436 Å². The van der Waals surface area contributed by atoms with Crippen molar-refractivity contribution in [3.05, 3.63) is 234 Å². The molecule has 0 unspecified atom stereocenters. The Hall–Kier alpha value is -8.82. The highest BCUT2D eigenvalue weighted by molar-refractivity contribution is 7.03. The number of fused-ring (bicyclic) bond motifs is 8. The summed E-state index contributed by atoms with van der Waals surface area (Å²) in [5.74, 6) is -1.66. The van der Waals surface area contributed by atoms with Crippen LogP contribution in [-0.4, -0.2) is 20.7 Å². The van der Waals surface area contributed by atoms with Crippen molar-refractivity contribution in [2.75, 3.05) is 25.3 Å². The fraction of sp³-hybridized carbons (Fsp3) is 0.0625. The summed E-state index contributed by atoms with van der Waals surface area (Å²) in [6.45, 7) is 7.56. The van der Waals surface area contributed by atoms with Crippen LogP contribution in [0.2, 0.25) is 0 Å². The van der Waals surface area contributed by atoms with Crippen LogP contribution in [0.25, 0.3) is 0 Å². The van der Waals surface area contributed by atoms with Crippen molar-refractivity contribution in [1.29, 1.82) is 0 Å². The Morgan fingerprint density at radius 2 is 1.00 bits per heavy atom. The highest BCUT2D eigenvalue weighted by atomic mass is 19.1. The molecule has 0 spiro atoms. The average Bonchev–Trinajstić information content (AvgIpc) is 3.41. The monoisotopic (exact) mass is 974 g/mol. The van der Waals surface area contributed by atoms with Crippen molar-refractivity contribution in [1.82, 2.24) is 0 Å². The Balaban J connectivity index is 1.08. The van der Waals surface area contributed by atoms with Gasteiger partial charge in [0.1, 0.15) is 23.1 Å². The minimum atomic E-state index is -0.666. The average molecular weight is 975 g/mol. The van der Waals surface area contributed by atoms with E-state index in [-0.39, 0.29) is 24.9 Å². The van der Waals surface area contributed by atoms with E-state index in [0.29, 0.717) is 17.1 Å². The van der Waals surface area contributed by atoms with Gasteiger partial charge in [-0.25, -0.2) is 13.2 Å². The first-order chi connectivity index (χ1) is 36.6. The Bertz CT molecular complexity index is 3980. The molecule has 75 heavy (non-hydrogen) atoms. The normalized spacial score (nSPS) is 13.2. The predicted molar refractivity (Wildman–Crippen MR) is 310 cm³/mol. The van der Waals surface area contributed by atoms with Gasteiger partial charge in [0.15, 0.2) is 7.28 Å². The molecular formula is C64H46B3F3N5. The molecule has 14 rings (SSSR count). The third kappa shape index (κ3) is 6.97. The van der Waals surface area contributed by atoms with Gasteiger partial charge in [-0.3, -0.25) is 0 Å². The number of nitrogens with zero attached hydrogens (tertiary/aromatic N) is 3. The molecule has 357 valence electrons. The molecule has 1 radical (unpaired) electrons. The molecule has 0 aromatic heterocycles. The second-order valence-electron chi connectivity index (χ2n) is 20.3. The van der Waals surface area contributed by atoms with Gasteiger partial charge in [0.05, 0.1) is 5.69 Å². The first-order valence-electron chi connectivity index (χ1n) is 25.5. The number of aryl methyl sites for hydroxylation is 4. The first kappa shape index (κ1) is 44.9. The second kappa shape index (κ2) is 17.1. The maximum absolute atomic E-state index is 16.9. The summed E-state index contributed by atoms with van der Waals surface area (Å²) in [5.41, 5.74) is 21.8. The van der Waals surface area contributed by atoms with Gasteiger partial charge in [-0.15, -0.1) is 0 Å². The fourth-order valence-electron chi connectivity index (χ4n) is 12.4. The molecule has 10 aromatic rings. The summed E-state index contributed by atoms with van der Waals surface area (Å²) in [7, 11) is 2.25. The molecule has 0 bridgehead atoms. The van der Waals surface area contributed by atoms with Crippen LogP contribution >= 0.6 is 0 Å².